The molecule has 2 aromatic rings. The van der Waals surface area contributed by atoms with Crippen molar-refractivity contribution < 1.29 is 23.8 Å². The average Bonchev–Trinajstić information content (AvgIpc) is 2.77. The number of carbonyl (C=O) groups excluding carboxylic acids is 2. The van der Waals surface area contributed by atoms with Gasteiger partial charge in [-0.2, -0.15) is 5.26 Å². The van der Waals surface area contributed by atoms with Crippen molar-refractivity contribution in [3.8, 4) is 11.8 Å². The van der Waals surface area contributed by atoms with Crippen LogP contribution in [0.25, 0.3) is 0 Å². The number of nitriles is 1. The average molecular weight is 468 g/mol. The first kappa shape index (κ1) is 23.7. The molecule has 0 fully saturated rings. The van der Waals surface area contributed by atoms with E-state index in [1.54, 1.807) is 62.4 Å². The number of carbonyl (C=O) groups is 2. The number of allylic oxidation sites excluding steroid dienone is 2. The fraction of sp³-hybridized carbons (Fsp3) is 0.208. The van der Waals surface area contributed by atoms with Crippen LogP contribution in [0.2, 0.25) is 5.02 Å². The Morgan fingerprint density at radius 3 is 2.70 bits per heavy atom. The molecule has 1 aliphatic heterocycles. The van der Waals surface area contributed by atoms with Gasteiger partial charge in [-0.15, -0.1) is 0 Å². The molecule has 0 saturated heterocycles. The van der Waals surface area contributed by atoms with E-state index in [0.717, 1.165) is 0 Å². The summed E-state index contributed by atoms with van der Waals surface area (Å²) in [5, 5.41) is 12.9. The highest BCUT2D eigenvalue weighted by molar-refractivity contribution is 6.30. The van der Waals surface area contributed by atoms with Crippen molar-refractivity contribution in [3.63, 3.8) is 0 Å². The molecule has 1 aliphatic rings. The number of ether oxygens (including phenoxy) is 3. The summed E-state index contributed by atoms with van der Waals surface area (Å²) in [6.07, 6.45) is 0. The van der Waals surface area contributed by atoms with Gasteiger partial charge in [-0.25, -0.2) is 4.79 Å². The number of hydrogen-bond donors (Lipinski definition) is 2. The lowest BCUT2D eigenvalue weighted by Crippen LogP contribution is -2.26. The number of benzene rings is 2. The zero-order valence-electron chi connectivity index (χ0n) is 18.1. The third-order valence-corrected chi connectivity index (χ3v) is 5.03. The second-order valence-electron chi connectivity index (χ2n) is 7.00. The van der Waals surface area contributed by atoms with Crippen LogP contribution in [0.1, 0.15) is 25.3 Å². The summed E-state index contributed by atoms with van der Waals surface area (Å²) in [6.45, 7) is 3.08. The number of nitrogens with one attached hydrogen (secondary N) is 1. The first-order valence-corrected chi connectivity index (χ1v) is 10.5. The topological polar surface area (TPSA) is 124 Å². The molecule has 0 bridgehead atoms. The fourth-order valence-electron chi connectivity index (χ4n) is 3.42. The van der Waals surface area contributed by atoms with Crippen molar-refractivity contribution >= 4 is 29.2 Å². The molecule has 9 heteroatoms. The minimum absolute atomic E-state index is 0.0445. The van der Waals surface area contributed by atoms with E-state index >= 15 is 0 Å². The van der Waals surface area contributed by atoms with Crippen molar-refractivity contribution in [1.82, 2.24) is 0 Å². The molecular formula is C24H22ClN3O5. The molecule has 170 valence electrons. The molecule has 8 nitrogen and oxygen atoms in total. The summed E-state index contributed by atoms with van der Waals surface area (Å²) >= 11 is 5.94. The molecule has 0 radical (unpaired) electrons. The minimum atomic E-state index is -0.880. The number of rotatable bonds is 7. The number of anilines is 1. The molecule has 1 amide bonds. The SMILES string of the molecule is CCOC(=O)C1=C(C)OC(N)=C(C#N)C1c1ccccc1OCC(=O)Nc1cccc(Cl)c1. The molecule has 0 aliphatic carbocycles. The Morgan fingerprint density at radius 2 is 2.00 bits per heavy atom. The van der Waals surface area contributed by atoms with Crippen molar-refractivity contribution in [1.29, 1.82) is 5.26 Å². The smallest absolute Gasteiger partial charge is 0.338 e. The number of para-hydroxylation sites is 1. The highest BCUT2D eigenvalue weighted by Gasteiger charge is 2.37. The molecule has 0 aromatic heterocycles. The third-order valence-electron chi connectivity index (χ3n) is 4.80. The van der Waals surface area contributed by atoms with Crippen LogP contribution in [0.3, 0.4) is 0 Å². The summed E-state index contributed by atoms with van der Waals surface area (Å²) in [7, 11) is 0. The van der Waals surface area contributed by atoms with Gasteiger partial charge in [0.15, 0.2) is 6.61 Å². The molecule has 33 heavy (non-hydrogen) atoms. The second kappa shape index (κ2) is 10.6. The molecule has 3 rings (SSSR count). The Bertz CT molecular complexity index is 1180. The summed E-state index contributed by atoms with van der Waals surface area (Å²) in [5.41, 5.74) is 7.13. The van der Waals surface area contributed by atoms with Gasteiger partial charge in [0.25, 0.3) is 5.91 Å². The normalized spacial score (nSPS) is 15.4. The van der Waals surface area contributed by atoms with E-state index in [1.807, 2.05) is 6.07 Å². The molecule has 0 spiro atoms. The van der Waals surface area contributed by atoms with E-state index in [1.165, 1.54) is 0 Å². The predicted molar refractivity (Wildman–Crippen MR) is 122 cm³/mol. The van der Waals surface area contributed by atoms with E-state index in [4.69, 9.17) is 31.5 Å². The lowest BCUT2D eigenvalue weighted by Gasteiger charge is -2.28. The van der Waals surface area contributed by atoms with E-state index in [-0.39, 0.29) is 36.0 Å². The van der Waals surface area contributed by atoms with Crippen molar-refractivity contribution in [2.24, 2.45) is 5.73 Å². The first-order chi connectivity index (χ1) is 15.8. The van der Waals surface area contributed by atoms with Crippen LogP contribution in [0.4, 0.5) is 5.69 Å². The number of nitrogens with zero attached hydrogens (tertiary/aromatic N) is 1. The Morgan fingerprint density at radius 1 is 1.24 bits per heavy atom. The lowest BCUT2D eigenvalue weighted by atomic mass is 9.82. The first-order valence-electron chi connectivity index (χ1n) is 10.1. The van der Waals surface area contributed by atoms with Crippen LogP contribution in [0.5, 0.6) is 5.75 Å². The van der Waals surface area contributed by atoms with Gasteiger partial charge in [0.2, 0.25) is 5.88 Å². The number of halogens is 1. The van der Waals surface area contributed by atoms with Crippen molar-refractivity contribution in [2.75, 3.05) is 18.5 Å². The highest BCUT2D eigenvalue weighted by Crippen LogP contribution is 2.42. The zero-order chi connectivity index (χ0) is 24.0. The van der Waals surface area contributed by atoms with Gasteiger partial charge in [0.05, 0.1) is 18.1 Å². The lowest BCUT2D eigenvalue weighted by molar-refractivity contribution is -0.139. The Kier molecular flexibility index (Phi) is 7.59. The van der Waals surface area contributed by atoms with Crippen LogP contribution in [0, 0.1) is 11.3 Å². The number of esters is 1. The number of amides is 1. The summed E-state index contributed by atoms with van der Waals surface area (Å²) in [6, 6.07) is 15.5. The van der Waals surface area contributed by atoms with Crippen LogP contribution in [-0.4, -0.2) is 25.1 Å². The van der Waals surface area contributed by atoms with Crippen LogP contribution < -0.4 is 15.8 Å². The summed E-state index contributed by atoms with van der Waals surface area (Å²) in [5.74, 6) is -1.50. The van der Waals surface area contributed by atoms with Crippen LogP contribution in [-0.2, 0) is 19.1 Å². The third kappa shape index (κ3) is 5.45. The van der Waals surface area contributed by atoms with Crippen molar-refractivity contribution in [3.05, 3.63) is 81.9 Å². The van der Waals surface area contributed by atoms with E-state index < -0.39 is 17.8 Å². The monoisotopic (exact) mass is 467 g/mol. The van der Waals surface area contributed by atoms with E-state index in [0.29, 0.717) is 22.0 Å². The minimum Gasteiger partial charge on any atom is -0.483 e. The molecule has 1 heterocycles. The quantitative estimate of drug-likeness (QED) is 0.589. The van der Waals surface area contributed by atoms with E-state index in [2.05, 4.69) is 5.32 Å². The zero-order valence-corrected chi connectivity index (χ0v) is 18.8. The fourth-order valence-corrected chi connectivity index (χ4v) is 3.61. The molecule has 1 atom stereocenters. The van der Waals surface area contributed by atoms with Gasteiger partial charge in [0.1, 0.15) is 23.2 Å². The largest absolute Gasteiger partial charge is 0.483 e. The maximum Gasteiger partial charge on any atom is 0.338 e. The Balaban J connectivity index is 1.90. The van der Waals surface area contributed by atoms with Crippen LogP contribution in [0.15, 0.2) is 71.3 Å². The van der Waals surface area contributed by atoms with Gasteiger partial charge < -0.3 is 25.3 Å². The Hall–Kier alpha value is -3.96. The Labute approximate surface area is 196 Å². The highest BCUT2D eigenvalue weighted by atomic mass is 35.5. The molecule has 3 N–H and O–H groups in total. The van der Waals surface area contributed by atoms with Gasteiger partial charge in [-0.05, 0) is 38.1 Å². The van der Waals surface area contributed by atoms with E-state index in [9.17, 15) is 14.9 Å². The predicted octanol–water partition coefficient (Wildman–Crippen LogP) is 4.00. The summed E-state index contributed by atoms with van der Waals surface area (Å²) in [4.78, 5) is 25.1. The van der Waals surface area contributed by atoms with Crippen molar-refractivity contribution in [2.45, 2.75) is 19.8 Å². The molecule has 1 unspecified atom stereocenters. The summed E-state index contributed by atoms with van der Waals surface area (Å²) < 4.78 is 16.4. The second-order valence-corrected chi connectivity index (χ2v) is 7.44. The van der Waals surface area contributed by atoms with Crippen LogP contribution >= 0.6 is 11.6 Å². The molecule has 0 saturated carbocycles. The molecular weight excluding hydrogens is 446 g/mol. The standard InChI is InChI=1S/C24H22ClN3O5/c1-3-31-24(30)21-14(2)33-23(27)18(12-26)22(21)17-9-4-5-10-19(17)32-13-20(29)28-16-8-6-7-15(25)11-16/h4-11,22H,3,13,27H2,1-2H3,(H,28,29). The molecule has 2 aromatic carbocycles. The number of nitrogens with two attached hydrogens (primary N) is 1. The maximum atomic E-state index is 12.7. The van der Waals surface area contributed by atoms with Gasteiger partial charge in [0, 0.05) is 16.3 Å². The number of hydrogen-bond acceptors (Lipinski definition) is 7. The van der Waals surface area contributed by atoms with Gasteiger partial charge >= 0.3 is 5.97 Å². The van der Waals surface area contributed by atoms with Gasteiger partial charge in [-0.1, -0.05) is 35.9 Å². The maximum absolute atomic E-state index is 12.7. The van der Waals surface area contributed by atoms with Gasteiger partial charge in [-0.3, -0.25) is 4.79 Å².